The Morgan fingerprint density at radius 1 is 1.41 bits per heavy atom. The van der Waals surface area contributed by atoms with E-state index in [0.29, 0.717) is 19.2 Å². The van der Waals surface area contributed by atoms with E-state index in [2.05, 4.69) is 0 Å². The molecule has 0 N–H and O–H groups in total. The fourth-order valence-corrected chi connectivity index (χ4v) is 2.52. The summed E-state index contributed by atoms with van der Waals surface area (Å²) >= 11 is 0. The number of ether oxygens (including phenoxy) is 1. The summed E-state index contributed by atoms with van der Waals surface area (Å²) in [6.07, 6.45) is -1.80. The molecular formula is C14H17F3N2O3. The molecule has 2 rings (SSSR count). The lowest BCUT2D eigenvalue weighted by Gasteiger charge is -2.28. The third-order valence-corrected chi connectivity index (χ3v) is 3.66. The second-order valence-corrected chi connectivity index (χ2v) is 5.33. The van der Waals surface area contributed by atoms with Crippen LogP contribution in [0.5, 0.6) is 0 Å². The molecule has 1 aliphatic heterocycles. The number of likely N-dealkylation sites (N-methyl/N-ethyl adjacent to an activating group) is 1. The molecule has 1 aromatic carbocycles. The third-order valence-electron chi connectivity index (χ3n) is 3.66. The number of hydrogen-bond acceptors (Lipinski definition) is 4. The van der Waals surface area contributed by atoms with Gasteiger partial charge in [0.05, 0.1) is 16.6 Å². The average Bonchev–Trinajstić information content (AvgIpc) is 2.46. The zero-order valence-electron chi connectivity index (χ0n) is 12.1. The van der Waals surface area contributed by atoms with Crippen molar-refractivity contribution in [2.75, 3.05) is 25.1 Å². The molecule has 0 bridgehead atoms. The molecule has 0 aromatic heterocycles. The van der Waals surface area contributed by atoms with Gasteiger partial charge in [-0.1, -0.05) is 0 Å². The van der Waals surface area contributed by atoms with Crippen LogP contribution >= 0.6 is 0 Å². The lowest BCUT2D eigenvalue weighted by atomic mass is 10.1. The summed E-state index contributed by atoms with van der Waals surface area (Å²) < 4.78 is 43.6. The molecule has 22 heavy (non-hydrogen) atoms. The van der Waals surface area contributed by atoms with Crippen molar-refractivity contribution in [1.82, 2.24) is 0 Å². The molecule has 1 atom stereocenters. The summed E-state index contributed by atoms with van der Waals surface area (Å²) in [7, 11) is 1.62. The molecular weight excluding hydrogens is 301 g/mol. The predicted molar refractivity (Wildman–Crippen MR) is 75.0 cm³/mol. The molecule has 8 heteroatoms. The van der Waals surface area contributed by atoms with Crippen molar-refractivity contribution in [1.29, 1.82) is 0 Å². The predicted octanol–water partition coefficient (Wildman–Crippen LogP) is 3.62. The summed E-state index contributed by atoms with van der Waals surface area (Å²) in [6, 6.07) is 2.58. The Hall–Kier alpha value is -1.83. The van der Waals surface area contributed by atoms with Gasteiger partial charge in [-0.05, 0) is 31.4 Å². The Morgan fingerprint density at radius 2 is 2.14 bits per heavy atom. The first kappa shape index (κ1) is 16.5. The summed E-state index contributed by atoms with van der Waals surface area (Å²) in [5, 5.41) is 11.1. The molecule has 1 fully saturated rings. The van der Waals surface area contributed by atoms with E-state index in [1.54, 1.807) is 11.9 Å². The summed E-state index contributed by atoms with van der Waals surface area (Å²) in [5.41, 5.74) is -1.41. The zero-order valence-corrected chi connectivity index (χ0v) is 12.1. The minimum Gasteiger partial charge on any atom is -0.376 e. The SMILES string of the molecule is CN(CC1CCCCO1)c1ccc(C(F)(F)F)cc1[N+](=O)[O-]. The van der Waals surface area contributed by atoms with Gasteiger partial charge in [-0.3, -0.25) is 10.1 Å². The maximum Gasteiger partial charge on any atom is 0.416 e. The fourth-order valence-electron chi connectivity index (χ4n) is 2.52. The molecule has 1 aliphatic rings. The largest absolute Gasteiger partial charge is 0.416 e. The Labute approximate surface area is 125 Å². The van der Waals surface area contributed by atoms with E-state index in [0.717, 1.165) is 31.4 Å². The standard InChI is InChI=1S/C14H17F3N2O3/c1-18(9-11-4-2-3-7-22-11)12-6-5-10(14(15,16)17)8-13(12)19(20)21/h5-6,8,11H,2-4,7,9H2,1H3. The van der Waals surface area contributed by atoms with Crippen LogP contribution in [0.4, 0.5) is 24.5 Å². The van der Waals surface area contributed by atoms with Crippen LogP contribution in [0.1, 0.15) is 24.8 Å². The highest BCUT2D eigenvalue weighted by atomic mass is 19.4. The Balaban J connectivity index is 2.23. The van der Waals surface area contributed by atoms with Crippen molar-refractivity contribution in [2.45, 2.75) is 31.5 Å². The lowest BCUT2D eigenvalue weighted by molar-refractivity contribution is -0.384. The van der Waals surface area contributed by atoms with Gasteiger partial charge in [0.15, 0.2) is 0 Å². The van der Waals surface area contributed by atoms with Crippen molar-refractivity contribution in [3.05, 3.63) is 33.9 Å². The summed E-state index contributed by atoms with van der Waals surface area (Å²) in [5.74, 6) is 0. The van der Waals surface area contributed by atoms with E-state index in [9.17, 15) is 23.3 Å². The molecule has 0 saturated carbocycles. The van der Waals surface area contributed by atoms with E-state index >= 15 is 0 Å². The molecule has 122 valence electrons. The summed E-state index contributed by atoms with van der Waals surface area (Å²) in [6.45, 7) is 1.06. The number of benzene rings is 1. The molecule has 1 aromatic rings. The molecule has 0 radical (unpaired) electrons. The van der Waals surface area contributed by atoms with Gasteiger partial charge < -0.3 is 9.64 Å². The Morgan fingerprint density at radius 3 is 2.68 bits per heavy atom. The topological polar surface area (TPSA) is 55.6 Å². The number of rotatable bonds is 4. The van der Waals surface area contributed by atoms with Crippen LogP contribution < -0.4 is 4.90 Å². The highest BCUT2D eigenvalue weighted by Gasteiger charge is 2.33. The Bertz CT molecular complexity index is 543. The first-order valence-corrected chi connectivity index (χ1v) is 6.97. The Kier molecular flexibility index (Phi) is 4.90. The number of nitrogens with zero attached hydrogens (tertiary/aromatic N) is 2. The monoisotopic (exact) mass is 318 g/mol. The smallest absolute Gasteiger partial charge is 0.376 e. The highest BCUT2D eigenvalue weighted by molar-refractivity contribution is 5.64. The maximum atomic E-state index is 12.7. The van der Waals surface area contributed by atoms with E-state index < -0.39 is 22.4 Å². The van der Waals surface area contributed by atoms with Gasteiger partial charge in [0.25, 0.3) is 5.69 Å². The molecule has 1 heterocycles. The van der Waals surface area contributed by atoms with Crippen molar-refractivity contribution >= 4 is 11.4 Å². The maximum absolute atomic E-state index is 12.7. The minimum absolute atomic E-state index is 0.0550. The van der Waals surface area contributed by atoms with Gasteiger partial charge in [-0.25, -0.2) is 0 Å². The van der Waals surface area contributed by atoms with Gasteiger partial charge in [-0.15, -0.1) is 0 Å². The number of alkyl halides is 3. The molecule has 0 spiro atoms. The van der Waals surface area contributed by atoms with E-state index in [-0.39, 0.29) is 11.8 Å². The van der Waals surface area contributed by atoms with Crippen LogP contribution in [0, 0.1) is 10.1 Å². The van der Waals surface area contributed by atoms with Crippen LogP contribution in [-0.2, 0) is 10.9 Å². The number of nitro groups is 1. The van der Waals surface area contributed by atoms with Crippen molar-refractivity contribution in [3.63, 3.8) is 0 Å². The van der Waals surface area contributed by atoms with E-state index in [4.69, 9.17) is 4.74 Å². The first-order valence-electron chi connectivity index (χ1n) is 6.97. The number of anilines is 1. The molecule has 1 unspecified atom stereocenters. The second kappa shape index (κ2) is 6.51. The number of halogens is 3. The van der Waals surface area contributed by atoms with Crippen LogP contribution in [0.15, 0.2) is 18.2 Å². The lowest BCUT2D eigenvalue weighted by Crippen LogP contribution is -2.33. The van der Waals surface area contributed by atoms with Gasteiger partial charge in [0.2, 0.25) is 0 Å². The summed E-state index contributed by atoms with van der Waals surface area (Å²) in [4.78, 5) is 11.9. The molecule has 5 nitrogen and oxygen atoms in total. The van der Waals surface area contributed by atoms with Crippen LogP contribution in [0.3, 0.4) is 0 Å². The van der Waals surface area contributed by atoms with Gasteiger partial charge in [0.1, 0.15) is 5.69 Å². The number of hydrogen-bond donors (Lipinski definition) is 0. The second-order valence-electron chi connectivity index (χ2n) is 5.33. The van der Waals surface area contributed by atoms with E-state index in [1.807, 2.05) is 0 Å². The molecule has 0 amide bonds. The first-order chi connectivity index (χ1) is 10.3. The quantitative estimate of drug-likeness (QED) is 0.628. The highest BCUT2D eigenvalue weighted by Crippen LogP contribution is 2.36. The average molecular weight is 318 g/mol. The fraction of sp³-hybridized carbons (Fsp3) is 0.571. The molecule has 0 aliphatic carbocycles. The van der Waals surface area contributed by atoms with Gasteiger partial charge >= 0.3 is 6.18 Å². The van der Waals surface area contributed by atoms with Crippen LogP contribution in [0.25, 0.3) is 0 Å². The molecule has 1 saturated heterocycles. The van der Waals surface area contributed by atoms with Crippen molar-refractivity contribution < 1.29 is 22.8 Å². The van der Waals surface area contributed by atoms with Crippen LogP contribution in [-0.4, -0.2) is 31.2 Å². The van der Waals surface area contributed by atoms with Crippen LogP contribution in [0.2, 0.25) is 0 Å². The third kappa shape index (κ3) is 3.88. The number of nitro benzene ring substituents is 1. The van der Waals surface area contributed by atoms with Crippen molar-refractivity contribution in [3.8, 4) is 0 Å². The van der Waals surface area contributed by atoms with Gasteiger partial charge in [0, 0.05) is 26.3 Å². The zero-order chi connectivity index (χ0) is 16.3. The normalized spacial score (nSPS) is 19.0. The van der Waals surface area contributed by atoms with E-state index in [1.165, 1.54) is 0 Å². The van der Waals surface area contributed by atoms with Gasteiger partial charge in [-0.2, -0.15) is 13.2 Å². The minimum atomic E-state index is -4.60. The van der Waals surface area contributed by atoms with Crippen molar-refractivity contribution in [2.24, 2.45) is 0 Å².